The number of anilines is 1. The molecule has 164 valence electrons. The van der Waals surface area contributed by atoms with Crippen LogP contribution in [0.25, 0.3) is 16.3 Å². The summed E-state index contributed by atoms with van der Waals surface area (Å²) in [4.78, 5) is 28.0. The molecule has 0 radical (unpaired) electrons. The van der Waals surface area contributed by atoms with Crippen molar-refractivity contribution in [1.29, 1.82) is 0 Å². The molecule has 1 heterocycles. The second kappa shape index (κ2) is 8.87. The van der Waals surface area contributed by atoms with Gasteiger partial charge < -0.3 is 10.1 Å². The summed E-state index contributed by atoms with van der Waals surface area (Å²) in [6, 6.07) is 21.2. The molecule has 0 atom stereocenters. The normalized spacial score (nSPS) is 14.2. The molecule has 1 N–H and O–H groups in total. The summed E-state index contributed by atoms with van der Waals surface area (Å²) in [5, 5.41) is 5.35. The lowest BCUT2D eigenvalue weighted by Crippen LogP contribution is -2.35. The van der Waals surface area contributed by atoms with Gasteiger partial charge >= 0.3 is 0 Å². The SMILES string of the molecule is CC(C)CN1C(=O)C(Nc2cccc3ccccc23)=C(c2ccc(OC(C)C)cc2)C1=O. The molecule has 0 aromatic heterocycles. The van der Waals surface area contributed by atoms with Gasteiger partial charge in [-0.1, -0.05) is 62.4 Å². The van der Waals surface area contributed by atoms with Gasteiger partial charge in [0.25, 0.3) is 11.8 Å². The minimum atomic E-state index is -0.297. The molecule has 0 bridgehead atoms. The average molecular weight is 429 g/mol. The highest BCUT2D eigenvalue weighted by Crippen LogP contribution is 2.33. The predicted molar refractivity (Wildman–Crippen MR) is 128 cm³/mol. The van der Waals surface area contributed by atoms with Gasteiger partial charge in [0.2, 0.25) is 0 Å². The number of nitrogens with one attached hydrogen (secondary N) is 1. The largest absolute Gasteiger partial charge is 0.491 e. The molecule has 32 heavy (non-hydrogen) atoms. The number of hydrogen-bond donors (Lipinski definition) is 1. The lowest BCUT2D eigenvalue weighted by Gasteiger charge is -2.17. The number of imide groups is 1. The summed E-state index contributed by atoms with van der Waals surface area (Å²) in [5.41, 5.74) is 2.18. The van der Waals surface area contributed by atoms with E-state index in [9.17, 15) is 9.59 Å². The Hall–Kier alpha value is -3.60. The molecule has 2 amide bonds. The van der Waals surface area contributed by atoms with Crippen LogP contribution in [0.1, 0.15) is 33.3 Å². The number of nitrogens with zero attached hydrogens (tertiary/aromatic N) is 1. The number of ether oxygens (including phenoxy) is 1. The molecule has 3 aromatic carbocycles. The zero-order chi connectivity index (χ0) is 22.8. The summed E-state index contributed by atoms with van der Waals surface area (Å²) in [6.07, 6.45) is 0.0554. The Kier molecular flexibility index (Phi) is 5.99. The van der Waals surface area contributed by atoms with Crippen molar-refractivity contribution in [3.63, 3.8) is 0 Å². The second-order valence-corrected chi connectivity index (χ2v) is 8.71. The van der Waals surface area contributed by atoms with Gasteiger partial charge in [0, 0.05) is 17.6 Å². The molecule has 1 aliphatic heterocycles. The van der Waals surface area contributed by atoms with Crippen molar-refractivity contribution in [3.8, 4) is 5.75 Å². The first kappa shape index (κ1) is 21.6. The molecule has 4 rings (SSSR count). The summed E-state index contributed by atoms with van der Waals surface area (Å²) in [5.74, 6) is 0.324. The number of rotatable bonds is 7. The Morgan fingerprint density at radius 3 is 2.22 bits per heavy atom. The maximum atomic E-state index is 13.4. The average Bonchev–Trinajstić information content (AvgIpc) is 2.98. The fraction of sp³-hybridized carbons (Fsp3) is 0.259. The van der Waals surface area contributed by atoms with Crippen LogP contribution < -0.4 is 10.1 Å². The van der Waals surface area contributed by atoms with Gasteiger partial charge in [0.15, 0.2) is 0 Å². The zero-order valence-electron chi connectivity index (χ0n) is 18.9. The van der Waals surface area contributed by atoms with E-state index in [1.54, 1.807) is 0 Å². The van der Waals surface area contributed by atoms with Gasteiger partial charge in [-0.2, -0.15) is 0 Å². The van der Waals surface area contributed by atoms with Crippen LogP contribution in [0.5, 0.6) is 5.75 Å². The minimum Gasteiger partial charge on any atom is -0.491 e. The van der Waals surface area contributed by atoms with Crippen LogP contribution in [0.4, 0.5) is 5.69 Å². The number of amides is 2. The predicted octanol–water partition coefficient (Wildman–Crippen LogP) is 5.48. The van der Waals surface area contributed by atoms with Crippen molar-refractivity contribution in [2.45, 2.75) is 33.8 Å². The topological polar surface area (TPSA) is 58.6 Å². The van der Waals surface area contributed by atoms with Crippen LogP contribution >= 0.6 is 0 Å². The van der Waals surface area contributed by atoms with Crippen molar-refractivity contribution in [1.82, 2.24) is 4.90 Å². The van der Waals surface area contributed by atoms with E-state index >= 15 is 0 Å². The number of benzene rings is 3. The first-order valence-electron chi connectivity index (χ1n) is 11.0. The maximum absolute atomic E-state index is 13.4. The maximum Gasteiger partial charge on any atom is 0.278 e. The molecule has 3 aromatic rings. The summed E-state index contributed by atoms with van der Waals surface area (Å²) < 4.78 is 5.73. The van der Waals surface area contributed by atoms with Crippen molar-refractivity contribution in [3.05, 3.63) is 78.0 Å². The molecule has 5 nitrogen and oxygen atoms in total. The van der Waals surface area contributed by atoms with E-state index < -0.39 is 0 Å². The molecule has 0 aliphatic carbocycles. The van der Waals surface area contributed by atoms with E-state index in [2.05, 4.69) is 5.32 Å². The quantitative estimate of drug-likeness (QED) is 0.507. The van der Waals surface area contributed by atoms with Crippen LogP contribution in [-0.4, -0.2) is 29.4 Å². The van der Waals surface area contributed by atoms with Crippen molar-refractivity contribution in [2.24, 2.45) is 5.92 Å². The molecule has 1 aliphatic rings. The van der Waals surface area contributed by atoms with Crippen molar-refractivity contribution >= 4 is 33.8 Å². The Morgan fingerprint density at radius 1 is 0.844 bits per heavy atom. The standard InChI is InChI=1S/C27H28N2O3/c1-17(2)16-29-26(30)24(20-12-14-21(15-13-20)32-18(3)4)25(27(29)31)28-23-11-7-9-19-8-5-6-10-22(19)23/h5-15,17-18,28H,16H2,1-4H3. The number of carbonyl (C=O) groups is 2. The van der Waals surface area contributed by atoms with Gasteiger partial charge in [-0.15, -0.1) is 0 Å². The van der Waals surface area contributed by atoms with Gasteiger partial charge in [-0.05, 0) is 48.9 Å². The van der Waals surface area contributed by atoms with E-state index in [1.807, 2.05) is 94.4 Å². The third kappa shape index (κ3) is 4.24. The molecule has 0 saturated carbocycles. The first-order valence-corrected chi connectivity index (χ1v) is 11.0. The van der Waals surface area contributed by atoms with Crippen LogP contribution in [0.15, 0.2) is 72.4 Å². The minimum absolute atomic E-state index is 0.0554. The molecular formula is C27H28N2O3. The van der Waals surface area contributed by atoms with Gasteiger partial charge in [-0.25, -0.2) is 0 Å². The van der Waals surface area contributed by atoms with E-state index in [0.29, 0.717) is 23.4 Å². The van der Waals surface area contributed by atoms with E-state index in [1.165, 1.54) is 4.90 Å². The van der Waals surface area contributed by atoms with Crippen LogP contribution in [0.2, 0.25) is 0 Å². The third-order valence-electron chi connectivity index (χ3n) is 5.28. The molecule has 0 spiro atoms. The fourth-order valence-corrected chi connectivity index (χ4v) is 3.93. The Balaban J connectivity index is 1.79. The summed E-state index contributed by atoms with van der Waals surface area (Å²) in [7, 11) is 0. The molecule has 0 fully saturated rings. The lowest BCUT2D eigenvalue weighted by atomic mass is 10.0. The second-order valence-electron chi connectivity index (χ2n) is 8.71. The zero-order valence-corrected chi connectivity index (χ0v) is 18.9. The smallest absolute Gasteiger partial charge is 0.278 e. The summed E-state index contributed by atoms with van der Waals surface area (Å²) >= 11 is 0. The first-order chi connectivity index (χ1) is 15.3. The molecule has 0 saturated heterocycles. The Labute approximate surface area is 188 Å². The van der Waals surface area contributed by atoms with Crippen LogP contribution in [-0.2, 0) is 9.59 Å². The number of hydrogen-bond acceptors (Lipinski definition) is 4. The van der Waals surface area contributed by atoms with E-state index in [0.717, 1.165) is 22.2 Å². The number of fused-ring (bicyclic) bond motifs is 1. The Bertz CT molecular complexity index is 1190. The van der Waals surface area contributed by atoms with Gasteiger partial charge in [-0.3, -0.25) is 14.5 Å². The number of carbonyl (C=O) groups excluding carboxylic acids is 2. The van der Waals surface area contributed by atoms with Gasteiger partial charge in [0.1, 0.15) is 11.4 Å². The van der Waals surface area contributed by atoms with Crippen LogP contribution in [0.3, 0.4) is 0 Å². The van der Waals surface area contributed by atoms with Crippen molar-refractivity contribution < 1.29 is 14.3 Å². The highest BCUT2D eigenvalue weighted by Gasteiger charge is 2.39. The Morgan fingerprint density at radius 2 is 1.53 bits per heavy atom. The summed E-state index contributed by atoms with van der Waals surface area (Å²) in [6.45, 7) is 8.29. The van der Waals surface area contributed by atoms with Gasteiger partial charge in [0.05, 0.1) is 11.7 Å². The lowest BCUT2D eigenvalue weighted by molar-refractivity contribution is -0.137. The highest BCUT2D eigenvalue weighted by atomic mass is 16.5. The molecule has 0 unspecified atom stereocenters. The van der Waals surface area contributed by atoms with E-state index in [-0.39, 0.29) is 23.8 Å². The van der Waals surface area contributed by atoms with Crippen LogP contribution in [0, 0.1) is 5.92 Å². The monoisotopic (exact) mass is 428 g/mol. The highest BCUT2D eigenvalue weighted by molar-refractivity contribution is 6.36. The fourth-order valence-electron chi connectivity index (χ4n) is 3.93. The molecular weight excluding hydrogens is 400 g/mol. The van der Waals surface area contributed by atoms with E-state index in [4.69, 9.17) is 4.74 Å². The van der Waals surface area contributed by atoms with Crippen molar-refractivity contribution in [2.75, 3.05) is 11.9 Å². The third-order valence-corrected chi connectivity index (χ3v) is 5.28. The molecule has 5 heteroatoms.